The highest BCUT2D eigenvalue weighted by atomic mass is 15.0. The maximum absolute atomic E-state index is 5.38. The van der Waals surface area contributed by atoms with Crippen molar-refractivity contribution in [3.63, 3.8) is 0 Å². The summed E-state index contributed by atoms with van der Waals surface area (Å²) in [6, 6.07) is 66.9. The van der Waals surface area contributed by atoms with Crippen LogP contribution < -0.4 is 0 Å². The number of hydrogen-bond donors (Lipinski definition) is 0. The first-order chi connectivity index (χ1) is 28.3. The summed E-state index contributed by atoms with van der Waals surface area (Å²) in [6.07, 6.45) is 5.68. The molecule has 11 rings (SSSR count). The Morgan fingerprint density at radius 3 is 1.60 bits per heavy atom. The molecule has 11 aromatic rings. The standard InChI is InChI=1S/C53H34N4/c1-3-13-37(14-4-1)52-41-17-7-9-19-43(41)53(44-20-10-8-18-42(44)52)49-33-39(32-48(56-49)47-21-11-12-29-55-47)36-24-22-35(23-25-36)38-26-27-50-45(31-38)46-34-54-30-28-51(46)57(50)40-15-5-2-6-16-40/h1-34H. The minimum Gasteiger partial charge on any atom is -0.309 e. The van der Waals surface area contributed by atoms with E-state index in [0.29, 0.717) is 0 Å². The fourth-order valence-corrected chi connectivity index (χ4v) is 8.55. The molecule has 0 aliphatic heterocycles. The molecular formula is C53H34N4. The number of rotatable bonds is 6. The van der Waals surface area contributed by atoms with Gasteiger partial charge in [-0.15, -0.1) is 0 Å². The summed E-state index contributed by atoms with van der Waals surface area (Å²) in [5, 5.41) is 7.06. The second-order valence-corrected chi connectivity index (χ2v) is 14.4. The van der Waals surface area contributed by atoms with Gasteiger partial charge in [0.1, 0.15) is 0 Å². The summed E-state index contributed by atoms with van der Waals surface area (Å²) in [7, 11) is 0. The average molecular weight is 727 g/mol. The second kappa shape index (κ2) is 13.6. The highest BCUT2D eigenvalue weighted by Gasteiger charge is 2.19. The summed E-state index contributed by atoms with van der Waals surface area (Å²) in [6.45, 7) is 0. The summed E-state index contributed by atoms with van der Waals surface area (Å²) in [5.74, 6) is 0. The Hall–Kier alpha value is -7.69. The van der Waals surface area contributed by atoms with E-state index >= 15 is 0 Å². The Morgan fingerprint density at radius 1 is 0.333 bits per heavy atom. The van der Waals surface area contributed by atoms with E-state index in [1.54, 1.807) is 0 Å². The first kappa shape index (κ1) is 32.7. The molecule has 57 heavy (non-hydrogen) atoms. The Bertz CT molecular complexity index is 3200. The maximum atomic E-state index is 5.38. The summed E-state index contributed by atoms with van der Waals surface area (Å²) >= 11 is 0. The third-order valence-corrected chi connectivity index (χ3v) is 11.1. The molecule has 0 fully saturated rings. The molecule has 0 aliphatic rings. The highest BCUT2D eigenvalue weighted by molar-refractivity contribution is 6.21. The second-order valence-electron chi connectivity index (χ2n) is 14.4. The number of pyridine rings is 3. The Balaban J connectivity index is 1.07. The van der Waals surface area contributed by atoms with Gasteiger partial charge in [-0.3, -0.25) is 9.97 Å². The molecule has 4 nitrogen and oxygen atoms in total. The van der Waals surface area contributed by atoms with Crippen molar-refractivity contribution in [3.8, 4) is 61.7 Å². The molecule has 0 aliphatic carbocycles. The number of para-hydroxylation sites is 1. The molecule has 4 heteroatoms. The lowest BCUT2D eigenvalue weighted by atomic mass is 9.86. The Morgan fingerprint density at radius 2 is 0.912 bits per heavy atom. The van der Waals surface area contributed by atoms with Gasteiger partial charge in [0.2, 0.25) is 0 Å². The first-order valence-electron chi connectivity index (χ1n) is 19.3. The third-order valence-electron chi connectivity index (χ3n) is 11.1. The lowest BCUT2D eigenvalue weighted by molar-refractivity contribution is 1.17. The molecule has 7 aromatic carbocycles. The zero-order chi connectivity index (χ0) is 37.7. The van der Waals surface area contributed by atoms with Gasteiger partial charge in [-0.1, -0.05) is 133 Å². The predicted octanol–water partition coefficient (Wildman–Crippen LogP) is 13.6. The maximum Gasteiger partial charge on any atom is 0.0899 e. The molecule has 0 bridgehead atoms. The molecule has 0 saturated heterocycles. The summed E-state index contributed by atoms with van der Waals surface area (Å²) in [5.41, 5.74) is 14.1. The van der Waals surface area contributed by atoms with E-state index < -0.39 is 0 Å². The molecule has 4 heterocycles. The lowest BCUT2D eigenvalue weighted by Gasteiger charge is -2.18. The number of hydrogen-bond acceptors (Lipinski definition) is 3. The van der Waals surface area contributed by atoms with E-state index in [2.05, 4.69) is 179 Å². The first-order valence-corrected chi connectivity index (χ1v) is 19.3. The number of benzene rings is 7. The topological polar surface area (TPSA) is 43.6 Å². The van der Waals surface area contributed by atoms with Crippen molar-refractivity contribution in [3.05, 3.63) is 207 Å². The van der Waals surface area contributed by atoms with E-state index in [-0.39, 0.29) is 0 Å². The molecule has 0 radical (unpaired) electrons. The quantitative estimate of drug-likeness (QED) is 0.160. The minimum absolute atomic E-state index is 0.835. The van der Waals surface area contributed by atoms with E-state index in [0.717, 1.165) is 67.0 Å². The molecule has 0 spiro atoms. The van der Waals surface area contributed by atoms with E-state index in [1.165, 1.54) is 38.1 Å². The van der Waals surface area contributed by atoms with Crippen LogP contribution in [0, 0.1) is 0 Å². The largest absolute Gasteiger partial charge is 0.309 e. The summed E-state index contributed by atoms with van der Waals surface area (Å²) < 4.78 is 2.32. The van der Waals surface area contributed by atoms with Gasteiger partial charge in [-0.05, 0) is 110 Å². The third kappa shape index (κ3) is 5.58. The van der Waals surface area contributed by atoms with Crippen molar-refractivity contribution in [2.75, 3.05) is 0 Å². The van der Waals surface area contributed by atoms with Crippen LogP contribution in [0.15, 0.2) is 207 Å². The van der Waals surface area contributed by atoms with Crippen LogP contribution >= 0.6 is 0 Å². The molecule has 0 N–H and O–H groups in total. The van der Waals surface area contributed by atoms with Crippen LogP contribution in [0.1, 0.15) is 0 Å². The van der Waals surface area contributed by atoms with Gasteiger partial charge >= 0.3 is 0 Å². The number of aromatic nitrogens is 4. The van der Waals surface area contributed by atoms with Crippen LogP contribution in [-0.2, 0) is 0 Å². The normalized spacial score (nSPS) is 11.5. The van der Waals surface area contributed by atoms with Crippen molar-refractivity contribution >= 4 is 43.4 Å². The molecule has 0 atom stereocenters. The molecule has 0 saturated carbocycles. The van der Waals surface area contributed by atoms with Crippen molar-refractivity contribution in [1.82, 2.24) is 19.5 Å². The minimum atomic E-state index is 0.835. The van der Waals surface area contributed by atoms with Crippen LogP contribution in [0.5, 0.6) is 0 Å². The lowest BCUT2D eigenvalue weighted by Crippen LogP contribution is -1.96. The van der Waals surface area contributed by atoms with Gasteiger partial charge in [-0.2, -0.15) is 0 Å². The van der Waals surface area contributed by atoms with Crippen LogP contribution in [-0.4, -0.2) is 19.5 Å². The van der Waals surface area contributed by atoms with Gasteiger partial charge in [-0.25, -0.2) is 4.98 Å². The van der Waals surface area contributed by atoms with Crippen molar-refractivity contribution < 1.29 is 0 Å². The Labute approximate surface area is 330 Å². The van der Waals surface area contributed by atoms with Crippen LogP contribution in [0.3, 0.4) is 0 Å². The van der Waals surface area contributed by atoms with Gasteiger partial charge in [0, 0.05) is 40.6 Å². The van der Waals surface area contributed by atoms with Gasteiger partial charge in [0.15, 0.2) is 0 Å². The molecule has 0 unspecified atom stereocenters. The van der Waals surface area contributed by atoms with Crippen LogP contribution in [0.25, 0.3) is 105 Å². The van der Waals surface area contributed by atoms with Crippen molar-refractivity contribution in [2.45, 2.75) is 0 Å². The fraction of sp³-hybridized carbons (Fsp3) is 0. The predicted molar refractivity (Wildman–Crippen MR) is 236 cm³/mol. The number of nitrogens with zero attached hydrogens (tertiary/aromatic N) is 4. The van der Waals surface area contributed by atoms with Gasteiger partial charge in [0.05, 0.1) is 28.1 Å². The van der Waals surface area contributed by atoms with Gasteiger partial charge in [0.25, 0.3) is 0 Å². The molecule has 0 amide bonds. The van der Waals surface area contributed by atoms with E-state index in [9.17, 15) is 0 Å². The Kier molecular flexibility index (Phi) is 7.78. The van der Waals surface area contributed by atoms with Crippen molar-refractivity contribution in [2.24, 2.45) is 0 Å². The van der Waals surface area contributed by atoms with Crippen LogP contribution in [0.2, 0.25) is 0 Å². The molecular weight excluding hydrogens is 693 g/mol. The SMILES string of the molecule is c1ccc(-c2c3ccccc3c(-c3cc(-c4ccc(-c5ccc6c(c5)c5cnccc5n6-c5ccccc5)cc4)cc(-c4ccccn4)n3)c3ccccc23)cc1. The van der Waals surface area contributed by atoms with Crippen LogP contribution in [0.4, 0.5) is 0 Å². The average Bonchev–Trinajstić information content (AvgIpc) is 3.62. The zero-order valence-corrected chi connectivity index (χ0v) is 30.9. The molecule has 4 aromatic heterocycles. The van der Waals surface area contributed by atoms with E-state index in [1.807, 2.05) is 36.8 Å². The molecule has 266 valence electrons. The number of fused-ring (bicyclic) bond motifs is 5. The van der Waals surface area contributed by atoms with Crippen molar-refractivity contribution in [1.29, 1.82) is 0 Å². The van der Waals surface area contributed by atoms with Gasteiger partial charge < -0.3 is 4.57 Å². The smallest absolute Gasteiger partial charge is 0.0899 e. The monoisotopic (exact) mass is 726 g/mol. The summed E-state index contributed by atoms with van der Waals surface area (Å²) in [4.78, 5) is 14.6. The highest BCUT2D eigenvalue weighted by Crippen LogP contribution is 2.44. The fourth-order valence-electron chi connectivity index (χ4n) is 8.55. The van der Waals surface area contributed by atoms with E-state index in [4.69, 9.17) is 9.97 Å². The zero-order valence-electron chi connectivity index (χ0n) is 30.9.